The van der Waals surface area contributed by atoms with Crippen LogP contribution in [0.5, 0.6) is 0 Å². The standard InChI is InChI=1S/C4H10N4S/c5-4(9)7-8-2-1-6-3-8/h6H,1-3H2,(H3,5,7,9). The van der Waals surface area contributed by atoms with E-state index in [4.69, 9.17) is 5.73 Å². The van der Waals surface area contributed by atoms with Crippen LogP contribution in [-0.4, -0.2) is 29.9 Å². The van der Waals surface area contributed by atoms with Gasteiger partial charge in [0.1, 0.15) is 0 Å². The van der Waals surface area contributed by atoms with Crippen molar-refractivity contribution in [1.82, 2.24) is 15.8 Å². The van der Waals surface area contributed by atoms with Crippen molar-refractivity contribution in [3.05, 3.63) is 0 Å². The Morgan fingerprint density at radius 1 is 1.78 bits per heavy atom. The molecule has 4 nitrogen and oxygen atoms in total. The van der Waals surface area contributed by atoms with Crippen molar-refractivity contribution in [1.29, 1.82) is 0 Å². The summed E-state index contributed by atoms with van der Waals surface area (Å²) in [5.41, 5.74) is 8.04. The third-order valence-electron chi connectivity index (χ3n) is 1.13. The molecule has 0 saturated carbocycles. The Hall–Kier alpha value is -0.390. The number of nitrogens with zero attached hydrogens (tertiary/aromatic N) is 1. The van der Waals surface area contributed by atoms with Crippen LogP contribution in [0.15, 0.2) is 0 Å². The Balaban J connectivity index is 2.19. The number of rotatable bonds is 1. The van der Waals surface area contributed by atoms with Gasteiger partial charge >= 0.3 is 0 Å². The molecule has 1 heterocycles. The molecule has 0 radical (unpaired) electrons. The van der Waals surface area contributed by atoms with Gasteiger partial charge in [0.15, 0.2) is 5.11 Å². The summed E-state index contributed by atoms with van der Waals surface area (Å²) in [6, 6.07) is 0. The lowest BCUT2D eigenvalue weighted by molar-refractivity contribution is 0.293. The zero-order valence-electron chi connectivity index (χ0n) is 5.05. The van der Waals surface area contributed by atoms with Crippen molar-refractivity contribution >= 4 is 17.3 Å². The zero-order chi connectivity index (χ0) is 6.69. The number of hydrogen-bond donors (Lipinski definition) is 3. The third kappa shape index (κ3) is 2.13. The number of hydrogen-bond acceptors (Lipinski definition) is 3. The van der Waals surface area contributed by atoms with Crippen LogP contribution in [-0.2, 0) is 0 Å². The van der Waals surface area contributed by atoms with E-state index in [-0.39, 0.29) is 0 Å². The van der Waals surface area contributed by atoms with Gasteiger partial charge in [-0.3, -0.25) is 5.43 Å². The number of nitrogens with one attached hydrogen (secondary N) is 2. The van der Waals surface area contributed by atoms with Crippen LogP contribution in [0.2, 0.25) is 0 Å². The molecule has 0 bridgehead atoms. The van der Waals surface area contributed by atoms with Gasteiger partial charge in [0.25, 0.3) is 0 Å². The van der Waals surface area contributed by atoms with Crippen molar-refractivity contribution in [2.45, 2.75) is 0 Å². The maximum atomic E-state index is 5.22. The predicted octanol–water partition coefficient (Wildman–Crippen LogP) is -1.40. The molecule has 9 heavy (non-hydrogen) atoms. The Labute approximate surface area is 59.4 Å². The molecular formula is C4H10N4S. The molecule has 0 atom stereocenters. The summed E-state index contributed by atoms with van der Waals surface area (Å²) >= 11 is 4.63. The Kier molecular flexibility index (Phi) is 2.21. The lowest BCUT2D eigenvalue weighted by Gasteiger charge is -2.14. The molecule has 1 rings (SSSR count). The molecule has 0 amide bonds. The monoisotopic (exact) mass is 146 g/mol. The highest BCUT2D eigenvalue weighted by Crippen LogP contribution is 1.84. The van der Waals surface area contributed by atoms with Crippen LogP contribution in [0, 0.1) is 0 Å². The minimum absolute atomic E-state index is 0.332. The van der Waals surface area contributed by atoms with Gasteiger partial charge in [-0.25, -0.2) is 5.01 Å². The van der Waals surface area contributed by atoms with Crippen molar-refractivity contribution < 1.29 is 0 Å². The normalized spacial score (nSPS) is 20.0. The Morgan fingerprint density at radius 3 is 3.00 bits per heavy atom. The highest BCUT2D eigenvalue weighted by Gasteiger charge is 2.08. The predicted molar refractivity (Wildman–Crippen MR) is 39.5 cm³/mol. The number of hydrazine groups is 1. The maximum absolute atomic E-state index is 5.22. The van der Waals surface area contributed by atoms with Crippen molar-refractivity contribution in [2.24, 2.45) is 5.73 Å². The van der Waals surface area contributed by atoms with E-state index in [9.17, 15) is 0 Å². The molecule has 0 aromatic carbocycles. The smallest absolute Gasteiger partial charge is 0.178 e. The lowest BCUT2D eigenvalue weighted by atomic mass is 10.7. The van der Waals surface area contributed by atoms with Crippen molar-refractivity contribution in [3.8, 4) is 0 Å². The quantitative estimate of drug-likeness (QED) is 0.397. The molecule has 5 heteroatoms. The summed E-state index contributed by atoms with van der Waals surface area (Å²) in [5.74, 6) is 0. The molecule has 0 aliphatic carbocycles. The van der Waals surface area contributed by atoms with Crippen LogP contribution in [0.3, 0.4) is 0 Å². The van der Waals surface area contributed by atoms with Crippen LogP contribution in [0.25, 0.3) is 0 Å². The lowest BCUT2D eigenvalue weighted by Crippen LogP contribution is -2.43. The molecule has 1 aliphatic heterocycles. The van der Waals surface area contributed by atoms with E-state index in [1.807, 2.05) is 5.01 Å². The minimum atomic E-state index is 0.332. The first-order valence-electron chi connectivity index (χ1n) is 2.81. The fourth-order valence-electron chi connectivity index (χ4n) is 0.758. The average Bonchev–Trinajstić information content (AvgIpc) is 2.15. The van der Waals surface area contributed by atoms with Gasteiger partial charge < -0.3 is 11.1 Å². The summed E-state index contributed by atoms with van der Waals surface area (Å²) in [6.45, 7) is 2.77. The fourth-order valence-corrected chi connectivity index (χ4v) is 0.887. The fraction of sp³-hybridized carbons (Fsp3) is 0.750. The van der Waals surface area contributed by atoms with Crippen LogP contribution in [0.4, 0.5) is 0 Å². The van der Waals surface area contributed by atoms with Gasteiger partial charge in [0, 0.05) is 13.1 Å². The van der Waals surface area contributed by atoms with E-state index in [2.05, 4.69) is 23.0 Å². The highest BCUT2D eigenvalue weighted by atomic mass is 32.1. The SMILES string of the molecule is NC(=S)NN1CCNC1. The van der Waals surface area contributed by atoms with E-state index in [1.165, 1.54) is 0 Å². The van der Waals surface area contributed by atoms with Gasteiger partial charge in [0.2, 0.25) is 0 Å². The summed E-state index contributed by atoms with van der Waals surface area (Å²) in [4.78, 5) is 0. The van der Waals surface area contributed by atoms with Gasteiger partial charge in [-0.1, -0.05) is 0 Å². The Bertz CT molecular complexity index is 109. The number of nitrogens with two attached hydrogens (primary N) is 1. The van der Waals surface area contributed by atoms with Gasteiger partial charge in [-0.15, -0.1) is 0 Å². The first kappa shape index (κ1) is 6.73. The minimum Gasteiger partial charge on any atom is -0.375 e. The molecule has 0 aromatic heterocycles. The average molecular weight is 146 g/mol. The van der Waals surface area contributed by atoms with E-state index in [0.717, 1.165) is 19.8 Å². The second-order valence-corrected chi connectivity index (χ2v) is 2.34. The van der Waals surface area contributed by atoms with Crippen molar-refractivity contribution in [2.75, 3.05) is 19.8 Å². The molecular weight excluding hydrogens is 136 g/mol. The summed E-state index contributed by atoms with van der Waals surface area (Å²) in [5, 5.41) is 5.39. The molecule has 1 saturated heterocycles. The van der Waals surface area contributed by atoms with Gasteiger partial charge in [-0.2, -0.15) is 0 Å². The first-order chi connectivity index (χ1) is 4.29. The maximum Gasteiger partial charge on any atom is 0.178 e. The first-order valence-corrected chi connectivity index (χ1v) is 3.21. The molecule has 0 spiro atoms. The van der Waals surface area contributed by atoms with E-state index < -0.39 is 0 Å². The van der Waals surface area contributed by atoms with E-state index in [1.54, 1.807) is 0 Å². The molecule has 52 valence electrons. The molecule has 1 aliphatic rings. The largest absolute Gasteiger partial charge is 0.375 e. The van der Waals surface area contributed by atoms with Gasteiger partial charge in [0.05, 0.1) is 6.67 Å². The van der Waals surface area contributed by atoms with E-state index >= 15 is 0 Å². The summed E-state index contributed by atoms with van der Waals surface area (Å²) in [6.07, 6.45) is 0. The highest BCUT2D eigenvalue weighted by molar-refractivity contribution is 7.80. The third-order valence-corrected chi connectivity index (χ3v) is 1.22. The van der Waals surface area contributed by atoms with Crippen LogP contribution in [0.1, 0.15) is 0 Å². The van der Waals surface area contributed by atoms with Crippen LogP contribution >= 0.6 is 12.2 Å². The number of thiocarbonyl (C=S) groups is 1. The molecule has 4 N–H and O–H groups in total. The second kappa shape index (κ2) is 2.95. The van der Waals surface area contributed by atoms with Crippen molar-refractivity contribution in [3.63, 3.8) is 0 Å². The van der Waals surface area contributed by atoms with Crippen LogP contribution < -0.4 is 16.5 Å². The Morgan fingerprint density at radius 2 is 2.56 bits per heavy atom. The summed E-state index contributed by atoms with van der Waals surface area (Å²) in [7, 11) is 0. The van der Waals surface area contributed by atoms with E-state index in [0.29, 0.717) is 5.11 Å². The molecule has 0 unspecified atom stereocenters. The topological polar surface area (TPSA) is 53.3 Å². The van der Waals surface area contributed by atoms with Gasteiger partial charge in [-0.05, 0) is 12.2 Å². The summed E-state index contributed by atoms with van der Waals surface area (Å²) < 4.78 is 0. The zero-order valence-corrected chi connectivity index (χ0v) is 5.87. The molecule has 1 fully saturated rings. The molecule has 0 aromatic rings. The second-order valence-electron chi connectivity index (χ2n) is 1.90.